The lowest BCUT2D eigenvalue weighted by atomic mass is 10.00. The normalized spacial score (nSPS) is 35.4. The minimum absolute atomic E-state index is 0.00850. The fourth-order valence-corrected chi connectivity index (χ4v) is 8.13. The third-order valence-corrected chi connectivity index (χ3v) is 10.4. The molecule has 1 aliphatic carbocycles. The van der Waals surface area contributed by atoms with Gasteiger partial charge >= 0.3 is 0 Å². The van der Waals surface area contributed by atoms with Crippen LogP contribution < -0.4 is 10.6 Å². The highest BCUT2D eigenvalue weighted by molar-refractivity contribution is 5.84. The molecule has 3 N–H and O–H groups in total. The molecule has 1 aromatic rings. The number of nitrogens with one attached hydrogen (secondary N) is 2. The van der Waals surface area contributed by atoms with E-state index < -0.39 is 18.2 Å². The number of aliphatic hydroxyl groups is 1. The molecule has 7 rings (SSSR count). The van der Waals surface area contributed by atoms with Gasteiger partial charge in [0, 0.05) is 50.8 Å². The fourth-order valence-electron chi connectivity index (χ4n) is 8.13. The Labute approximate surface area is 254 Å². The second kappa shape index (κ2) is 12.8. The highest BCUT2D eigenvalue weighted by Gasteiger charge is 2.46. The second-order valence-corrected chi connectivity index (χ2v) is 13.8. The quantitative estimate of drug-likeness (QED) is 0.426. The van der Waals surface area contributed by atoms with Crippen LogP contribution in [0.3, 0.4) is 0 Å². The van der Waals surface area contributed by atoms with Gasteiger partial charge in [-0.3, -0.25) is 24.2 Å². The van der Waals surface area contributed by atoms with Gasteiger partial charge in [0.2, 0.25) is 17.7 Å². The number of fused-ring (bicyclic) bond motifs is 8. The van der Waals surface area contributed by atoms with Crippen LogP contribution in [0.5, 0.6) is 0 Å². The summed E-state index contributed by atoms with van der Waals surface area (Å²) >= 11 is 0. The summed E-state index contributed by atoms with van der Waals surface area (Å²) < 4.78 is 1.89. The molecule has 0 spiro atoms. The van der Waals surface area contributed by atoms with Gasteiger partial charge in [-0.1, -0.05) is 18.1 Å². The zero-order valence-corrected chi connectivity index (χ0v) is 25.9. The number of nitrogens with zero attached hydrogens (tertiary/aromatic N) is 7. The molecule has 1 aromatic heterocycles. The van der Waals surface area contributed by atoms with Crippen LogP contribution in [-0.2, 0) is 20.9 Å². The maximum atomic E-state index is 14.0. The van der Waals surface area contributed by atoms with Crippen molar-refractivity contribution in [3.63, 3.8) is 0 Å². The van der Waals surface area contributed by atoms with E-state index in [2.05, 4.69) is 30.7 Å². The van der Waals surface area contributed by atoms with E-state index in [0.29, 0.717) is 51.6 Å². The van der Waals surface area contributed by atoms with E-state index in [1.54, 1.807) is 6.92 Å². The summed E-state index contributed by atoms with van der Waals surface area (Å²) in [6.07, 6.45) is 8.23. The number of carbonyl (C=O) groups is 3. The van der Waals surface area contributed by atoms with E-state index in [1.807, 2.05) is 34.8 Å². The molecule has 13 heteroatoms. The van der Waals surface area contributed by atoms with Crippen molar-refractivity contribution in [2.75, 3.05) is 40.3 Å². The van der Waals surface area contributed by atoms with Crippen LogP contribution in [0.1, 0.15) is 76.4 Å². The van der Waals surface area contributed by atoms with Crippen molar-refractivity contribution in [3.8, 4) is 0 Å². The zero-order chi connectivity index (χ0) is 30.2. The number of carbonyl (C=O) groups excluding carboxylic acids is 3. The highest BCUT2D eigenvalue weighted by atomic mass is 16.3. The van der Waals surface area contributed by atoms with Crippen molar-refractivity contribution in [1.29, 1.82) is 0 Å². The standard InChI is InChI=1S/C30H49N9O4/c1-19-27(40)14-28(41)32-20-12-26(37(16-20)22-6-4-5-7-22)30(43)36-10-8-23(9-11-36)38-18-24(13-25(38)29(42)31-19)39-17-21(33-34-39)15-35(2)3/h17,19-20,22-27,40H,4-16,18H2,1-3H3,(H,31,42)(H,32,41)/t19-,20+,24-,25-,26-,27-/m0/s1. The number of aromatic nitrogens is 3. The van der Waals surface area contributed by atoms with E-state index in [1.165, 1.54) is 12.8 Å². The SMILES string of the molecule is C[C@@H]1NC(=O)[C@@H]2C[C@H](n3cc(CN(C)C)nn3)CN2C2CCN(CC2)C(=O)[C@@H]2C[C@H](CN2C2CCCC2)NC(=O)C[C@@H]1O. The van der Waals surface area contributed by atoms with Crippen molar-refractivity contribution in [3.05, 3.63) is 11.9 Å². The van der Waals surface area contributed by atoms with Gasteiger partial charge in [-0.05, 0) is 59.5 Å². The topological polar surface area (TPSA) is 139 Å². The van der Waals surface area contributed by atoms with Crippen LogP contribution in [0.4, 0.5) is 0 Å². The van der Waals surface area contributed by atoms with Crippen molar-refractivity contribution in [1.82, 2.24) is 45.2 Å². The number of likely N-dealkylation sites (tertiary alicyclic amines) is 1. The van der Waals surface area contributed by atoms with E-state index >= 15 is 0 Å². The smallest absolute Gasteiger partial charge is 0.240 e. The summed E-state index contributed by atoms with van der Waals surface area (Å²) in [5, 5.41) is 25.8. The Kier molecular flexibility index (Phi) is 9.04. The molecule has 5 saturated heterocycles. The third-order valence-electron chi connectivity index (χ3n) is 10.4. The lowest BCUT2D eigenvalue weighted by Crippen LogP contribution is -2.56. The number of aliphatic hydroxyl groups excluding tert-OH is 1. The first-order chi connectivity index (χ1) is 20.7. The van der Waals surface area contributed by atoms with Gasteiger partial charge < -0.3 is 25.5 Å². The minimum atomic E-state index is -1.01. The summed E-state index contributed by atoms with van der Waals surface area (Å²) in [6.45, 7) is 5.11. The van der Waals surface area contributed by atoms with Gasteiger partial charge in [-0.2, -0.15) is 0 Å². The molecular weight excluding hydrogens is 550 g/mol. The average molecular weight is 600 g/mol. The Morgan fingerprint density at radius 1 is 0.930 bits per heavy atom. The Morgan fingerprint density at radius 3 is 2.35 bits per heavy atom. The monoisotopic (exact) mass is 599 g/mol. The number of piperidine rings is 1. The molecule has 238 valence electrons. The van der Waals surface area contributed by atoms with Gasteiger partial charge in [0.25, 0.3) is 0 Å². The largest absolute Gasteiger partial charge is 0.390 e. The van der Waals surface area contributed by atoms with E-state index in [-0.39, 0.29) is 48.3 Å². The Morgan fingerprint density at radius 2 is 1.63 bits per heavy atom. The Hall–Kier alpha value is -2.61. The highest BCUT2D eigenvalue weighted by Crippen LogP contribution is 2.35. The fraction of sp³-hybridized carbons (Fsp3) is 0.833. The van der Waals surface area contributed by atoms with Crippen molar-refractivity contribution in [2.24, 2.45) is 0 Å². The van der Waals surface area contributed by atoms with Gasteiger partial charge in [0.05, 0.1) is 48.6 Å². The molecule has 0 unspecified atom stereocenters. The molecule has 6 fully saturated rings. The first-order valence-corrected chi connectivity index (χ1v) is 16.3. The summed E-state index contributed by atoms with van der Waals surface area (Å²) in [4.78, 5) is 49.4. The molecule has 0 radical (unpaired) electrons. The predicted octanol–water partition coefficient (Wildman–Crippen LogP) is -0.283. The zero-order valence-electron chi connectivity index (χ0n) is 25.9. The van der Waals surface area contributed by atoms with Crippen molar-refractivity contribution >= 4 is 17.7 Å². The molecular formula is C30H49N9O4. The van der Waals surface area contributed by atoms with Gasteiger partial charge in [0.1, 0.15) is 0 Å². The van der Waals surface area contributed by atoms with E-state index in [9.17, 15) is 19.5 Å². The lowest BCUT2D eigenvalue weighted by Gasteiger charge is -2.41. The molecule has 13 nitrogen and oxygen atoms in total. The number of hydrogen-bond acceptors (Lipinski definition) is 9. The number of amides is 3. The van der Waals surface area contributed by atoms with Gasteiger partial charge in [0.15, 0.2) is 0 Å². The predicted molar refractivity (Wildman–Crippen MR) is 159 cm³/mol. The third kappa shape index (κ3) is 6.59. The molecule has 4 bridgehead atoms. The van der Waals surface area contributed by atoms with Crippen LogP contribution in [0.15, 0.2) is 6.20 Å². The molecule has 6 aliphatic rings. The Balaban J connectivity index is 1.23. The molecule has 6 heterocycles. The first-order valence-electron chi connectivity index (χ1n) is 16.3. The molecule has 0 aromatic carbocycles. The maximum Gasteiger partial charge on any atom is 0.240 e. The minimum Gasteiger partial charge on any atom is -0.390 e. The van der Waals surface area contributed by atoms with E-state index in [0.717, 1.165) is 31.4 Å². The molecule has 43 heavy (non-hydrogen) atoms. The number of rotatable bonds is 4. The molecule has 3 amide bonds. The average Bonchev–Trinajstić information content (AvgIpc) is 3.78. The van der Waals surface area contributed by atoms with Crippen LogP contribution in [0, 0.1) is 0 Å². The first kappa shape index (κ1) is 30.4. The van der Waals surface area contributed by atoms with Crippen LogP contribution in [0.25, 0.3) is 0 Å². The summed E-state index contributed by atoms with van der Waals surface area (Å²) in [5.41, 5.74) is 0.883. The molecule has 1 saturated carbocycles. The van der Waals surface area contributed by atoms with Crippen molar-refractivity contribution < 1.29 is 19.5 Å². The number of hydrogen-bond donors (Lipinski definition) is 3. The van der Waals surface area contributed by atoms with E-state index in [4.69, 9.17) is 0 Å². The molecule has 5 aliphatic heterocycles. The van der Waals surface area contributed by atoms with Crippen LogP contribution in [-0.4, -0.2) is 140 Å². The molecule has 6 atom stereocenters. The van der Waals surface area contributed by atoms with Gasteiger partial charge in [-0.15, -0.1) is 5.10 Å². The maximum absolute atomic E-state index is 14.0. The summed E-state index contributed by atoms with van der Waals surface area (Å²) in [5.74, 6) is -0.215. The lowest BCUT2D eigenvalue weighted by molar-refractivity contribution is -0.139. The van der Waals surface area contributed by atoms with Gasteiger partial charge in [-0.25, -0.2) is 4.68 Å². The summed E-state index contributed by atoms with van der Waals surface area (Å²) in [6, 6.07) is -0.779. The summed E-state index contributed by atoms with van der Waals surface area (Å²) in [7, 11) is 3.99. The second-order valence-electron chi connectivity index (χ2n) is 13.8. The van der Waals surface area contributed by atoms with Crippen LogP contribution >= 0.6 is 0 Å². The van der Waals surface area contributed by atoms with Crippen molar-refractivity contribution in [2.45, 2.75) is 120 Å². The Bertz CT molecular complexity index is 1160. The van der Waals surface area contributed by atoms with Crippen LogP contribution in [0.2, 0.25) is 0 Å².